The van der Waals surface area contributed by atoms with Gasteiger partial charge < -0.3 is 33.6 Å². The van der Waals surface area contributed by atoms with Crippen LogP contribution in [0, 0.1) is 10.1 Å². The van der Waals surface area contributed by atoms with Crippen LogP contribution in [-0.2, 0) is 29.7 Å². The van der Waals surface area contributed by atoms with Crippen LogP contribution in [0.4, 0.5) is 10.6 Å². The predicted molar refractivity (Wildman–Crippen MR) is 201 cm³/mol. The van der Waals surface area contributed by atoms with Crippen molar-refractivity contribution in [1.29, 1.82) is 0 Å². The van der Waals surface area contributed by atoms with Gasteiger partial charge in [-0.15, -0.1) is 10.1 Å². The number of aromatic nitrogens is 4. The maximum absolute atomic E-state index is 14.9. The van der Waals surface area contributed by atoms with Crippen LogP contribution in [0.1, 0.15) is 65.4 Å². The summed E-state index contributed by atoms with van der Waals surface area (Å²) in [5.74, 6) is -0.831. The van der Waals surface area contributed by atoms with Crippen LogP contribution in [0.3, 0.4) is 0 Å². The van der Waals surface area contributed by atoms with Gasteiger partial charge in [-0.3, -0.25) is 0 Å². The highest BCUT2D eigenvalue weighted by Gasteiger charge is 2.38. The van der Waals surface area contributed by atoms with E-state index in [1.54, 1.807) is 42.5 Å². The molecular weight excluding hydrogens is 753 g/mol. The van der Waals surface area contributed by atoms with E-state index >= 15 is 0 Å². The molecule has 2 aromatic carbocycles. The smallest absolute Gasteiger partial charge is 0.493 e. The molecule has 1 atom stereocenters. The van der Waals surface area contributed by atoms with Crippen molar-refractivity contribution in [3.05, 3.63) is 82.7 Å². The SMILES string of the molecule is COc1ccccc1Oc1c(OCCO)nc(-c2ncccn2)nc1N(C(C)OC(=O)OCCCCCCCO[N+](=O)[O-])S(=O)(=O)c1ccc(C(C)(C)C)cc1. The molecule has 4 aromatic rings. The minimum atomic E-state index is -4.67. The first-order valence-corrected chi connectivity index (χ1v) is 19.2. The Balaban J connectivity index is 1.79. The Morgan fingerprint density at radius 3 is 2.16 bits per heavy atom. The van der Waals surface area contributed by atoms with E-state index in [1.165, 1.54) is 38.6 Å². The van der Waals surface area contributed by atoms with Crippen LogP contribution in [0.5, 0.6) is 23.1 Å². The Bertz CT molecular complexity index is 2000. The molecule has 0 bridgehead atoms. The second-order valence-corrected chi connectivity index (χ2v) is 14.9. The highest BCUT2D eigenvalue weighted by Crippen LogP contribution is 2.44. The van der Waals surface area contributed by atoms with Gasteiger partial charge in [0.2, 0.25) is 11.6 Å². The van der Waals surface area contributed by atoms with Crippen molar-refractivity contribution >= 4 is 22.0 Å². The summed E-state index contributed by atoms with van der Waals surface area (Å²) < 4.78 is 59.0. The Kier molecular flexibility index (Phi) is 15.5. The maximum atomic E-state index is 14.9. The first-order chi connectivity index (χ1) is 26.8. The minimum Gasteiger partial charge on any atom is -0.493 e. The number of carbonyl (C=O) groups is 1. The zero-order valence-electron chi connectivity index (χ0n) is 31.8. The van der Waals surface area contributed by atoms with Gasteiger partial charge in [-0.05, 0) is 61.1 Å². The fraction of sp³-hybridized carbons (Fsp3) is 0.432. The summed E-state index contributed by atoms with van der Waals surface area (Å²) in [5.41, 5.74) is 0.575. The number of sulfonamides is 1. The maximum Gasteiger partial charge on any atom is 0.510 e. The molecule has 0 radical (unpaired) electrons. The van der Waals surface area contributed by atoms with Gasteiger partial charge in [0.1, 0.15) is 6.61 Å². The van der Waals surface area contributed by atoms with Crippen molar-refractivity contribution in [2.45, 2.75) is 76.3 Å². The highest BCUT2D eigenvalue weighted by molar-refractivity contribution is 7.92. The monoisotopic (exact) mass is 798 g/mol. The summed E-state index contributed by atoms with van der Waals surface area (Å²) in [6, 6.07) is 14.4. The normalized spacial score (nSPS) is 12.0. The van der Waals surface area contributed by atoms with Crippen LogP contribution >= 0.6 is 0 Å². The third kappa shape index (κ3) is 11.8. The van der Waals surface area contributed by atoms with Crippen LogP contribution in [0.25, 0.3) is 11.6 Å². The van der Waals surface area contributed by atoms with E-state index in [1.807, 2.05) is 20.8 Å². The van der Waals surface area contributed by atoms with E-state index in [0.29, 0.717) is 32.1 Å². The van der Waals surface area contributed by atoms with Crippen molar-refractivity contribution in [2.75, 3.05) is 37.8 Å². The van der Waals surface area contributed by atoms with Gasteiger partial charge in [0, 0.05) is 12.4 Å². The molecule has 19 heteroatoms. The Morgan fingerprint density at radius 1 is 0.893 bits per heavy atom. The zero-order chi connectivity index (χ0) is 40.7. The third-order valence-corrected chi connectivity index (χ3v) is 9.84. The fourth-order valence-electron chi connectivity index (χ4n) is 5.20. The van der Waals surface area contributed by atoms with Crippen molar-refractivity contribution < 1.29 is 51.9 Å². The number of aliphatic hydroxyl groups excluding tert-OH is 1. The van der Waals surface area contributed by atoms with E-state index < -0.39 is 39.9 Å². The molecule has 4 rings (SSSR count). The van der Waals surface area contributed by atoms with Crippen LogP contribution in [-0.4, -0.2) is 84.5 Å². The lowest BCUT2D eigenvalue weighted by Crippen LogP contribution is -2.42. The molecule has 0 saturated carbocycles. The second kappa shape index (κ2) is 20.2. The first-order valence-electron chi connectivity index (χ1n) is 17.8. The lowest BCUT2D eigenvalue weighted by molar-refractivity contribution is -0.757. The number of methoxy groups -OCH3 is 1. The highest BCUT2D eigenvalue weighted by atomic mass is 32.2. The van der Waals surface area contributed by atoms with Crippen molar-refractivity contribution in [3.8, 4) is 34.8 Å². The molecular formula is C37H46N6O12S. The molecule has 0 saturated heterocycles. The molecule has 0 aliphatic rings. The Morgan fingerprint density at radius 2 is 1.54 bits per heavy atom. The number of unbranched alkanes of at least 4 members (excludes halogenated alkanes) is 4. The number of benzene rings is 2. The molecule has 0 aliphatic heterocycles. The standard InChI is InChI=1S/C37H46N6O12S/c1-26(54-36(45)52-23-11-7-6-8-12-24-53-43(46)47)42(56(48,49)28-18-16-27(17-19-28)37(2,3)4)34-31(55-30-15-10-9-14-29(30)50-5)35(51-25-22-44)41-33(40-34)32-38-20-13-21-39-32/h9-10,13-21,26,44H,6-8,11-12,22-25H2,1-5H3. The molecule has 2 aromatic heterocycles. The Labute approximate surface area is 324 Å². The van der Waals surface area contributed by atoms with Crippen LogP contribution < -0.4 is 18.5 Å². The third-order valence-electron chi connectivity index (χ3n) is 7.98. The van der Waals surface area contributed by atoms with Crippen molar-refractivity contribution in [3.63, 3.8) is 0 Å². The van der Waals surface area contributed by atoms with E-state index in [-0.39, 0.29) is 64.9 Å². The first kappa shape index (κ1) is 42.9. The number of aliphatic hydroxyl groups is 1. The van der Waals surface area contributed by atoms with E-state index in [0.717, 1.165) is 9.87 Å². The topological polar surface area (TPSA) is 225 Å². The summed E-state index contributed by atoms with van der Waals surface area (Å²) in [7, 11) is -3.25. The number of hydrogen-bond acceptors (Lipinski definition) is 16. The van der Waals surface area contributed by atoms with Crippen molar-refractivity contribution in [1.82, 2.24) is 19.9 Å². The van der Waals surface area contributed by atoms with E-state index in [2.05, 4.69) is 24.8 Å². The molecule has 1 N–H and O–H groups in total. The van der Waals surface area contributed by atoms with Gasteiger partial charge in [0.05, 0.1) is 31.8 Å². The average Bonchev–Trinajstić information content (AvgIpc) is 3.17. The molecule has 0 aliphatic carbocycles. The molecule has 0 spiro atoms. The quantitative estimate of drug-likeness (QED) is 0.0323. The van der Waals surface area contributed by atoms with Gasteiger partial charge in [-0.1, -0.05) is 64.3 Å². The van der Waals surface area contributed by atoms with Gasteiger partial charge in [0.15, 0.2) is 29.4 Å². The number of anilines is 1. The van der Waals surface area contributed by atoms with Gasteiger partial charge in [-0.2, -0.15) is 4.98 Å². The van der Waals surface area contributed by atoms with Gasteiger partial charge in [-0.25, -0.2) is 32.5 Å². The van der Waals surface area contributed by atoms with E-state index in [9.17, 15) is 28.4 Å². The number of nitrogens with zero attached hydrogens (tertiary/aromatic N) is 6. The number of para-hydroxylation sites is 2. The lowest BCUT2D eigenvalue weighted by atomic mass is 9.87. The summed E-state index contributed by atoms with van der Waals surface area (Å²) in [6.45, 7) is 6.53. The molecule has 0 fully saturated rings. The number of hydrogen-bond donors (Lipinski definition) is 1. The fourth-order valence-corrected chi connectivity index (χ4v) is 6.69. The molecule has 18 nitrogen and oxygen atoms in total. The molecule has 1 unspecified atom stereocenters. The zero-order valence-corrected chi connectivity index (χ0v) is 32.6. The summed E-state index contributed by atoms with van der Waals surface area (Å²) in [4.78, 5) is 45.0. The lowest BCUT2D eigenvalue weighted by Gasteiger charge is -2.30. The van der Waals surface area contributed by atoms with Crippen molar-refractivity contribution in [2.24, 2.45) is 0 Å². The summed E-state index contributed by atoms with van der Waals surface area (Å²) in [5, 5.41) is 19.2. The van der Waals surface area contributed by atoms with Crippen LogP contribution in [0.15, 0.2) is 71.9 Å². The minimum absolute atomic E-state index is 0.000750. The molecule has 302 valence electrons. The number of rotatable bonds is 21. The van der Waals surface area contributed by atoms with Gasteiger partial charge in [0.25, 0.3) is 21.0 Å². The van der Waals surface area contributed by atoms with E-state index in [4.69, 9.17) is 23.7 Å². The Hall–Kier alpha value is -5.82. The molecule has 56 heavy (non-hydrogen) atoms. The second-order valence-electron chi connectivity index (χ2n) is 13.1. The average molecular weight is 799 g/mol. The molecule has 0 amide bonds. The summed E-state index contributed by atoms with van der Waals surface area (Å²) >= 11 is 0. The largest absolute Gasteiger partial charge is 0.510 e. The number of ether oxygens (including phenoxy) is 5. The van der Waals surface area contributed by atoms with Crippen LogP contribution in [0.2, 0.25) is 0 Å². The van der Waals surface area contributed by atoms with Gasteiger partial charge >= 0.3 is 6.16 Å². The number of carbonyl (C=O) groups excluding carboxylic acids is 1. The predicted octanol–water partition coefficient (Wildman–Crippen LogP) is 6.26. The molecule has 2 heterocycles. The summed E-state index contributed by atoms with van der Waals surface area (Å²) in [6.07, 6.45) is 3.10.